The van der Waals surface area contributed by atoms with E-state index < -0.39 is 41.8 Å². The lowest BCUT2D eigenvalue weighted by atomic mass is 9.70. The maximum Gasteiger partial charge on any atom is 0.194 e. The van der Waals surface area contributed by atoms with E-state index in [-0.39, 0.29) is 16.7 Å². The van der Waals surface area contributed by atoms with Gasteiger partial charge in [-0.05, 0) is 195 Å². The number of allylic oxidation sites excluding steroid dienone is 6. The van der Waals surface area contributed by atoms with Crippen LogP contribution in [0.5, 0.6) is 0 Å². The Morgan fingerprint density at radius 3 is 1.13 bits per heavy atom. The second-order valence-electron chi connectivity index (χ2n) is 27.4. The quantitative estimate of drug-likeness (QED) is 0.0756. The van der Waals surface area contributed by atoms with Crippen LogP contribution < -0.4 is 0 Å². The van der Waals surface area contributed by atoms with Crippen molar-refractivity contribution in [1.29, 1.82) is 0 Å². The Morgan fingerprint density at radius 1 is 0.356 bits per heavy atom. The van der Waals surface area contributed by atoms with Gasteiger partial charge in [-0.3, -0.25) is 0 Å². The molecule has 0 saturated carbocycles. The Morgan fingerprint density at radius 2 is 0.700 bits per heavy atom. The molecule has 0 aromatic heterocycles. The zero-order valence-electron chi connectivity index (χ0n) is 56.3. The van der Waals surface area contributed by atoms with E-state index in [4.69, 9.17) is 13.3 Å². The predicted molar refractivity (Wildman–Crippen MR) is 393 cm³/mol. The monoisotopic (exact) mass is 1240 g/mol. The molecule has 6 heteroatoms. The number of hydrogen-bond donors (Lipinski definition) is 0. The first-order chi connectivity index (χ1) is 43.4. The zero-order valence-corrected chi connectivity index (χ0v) is 59.3. The highest BCUT2D eigenvalue weighted by atomic mass is 28.4. The number of aryl methyl sites for hydroxylation is 1. The van der Waals surface area contributed by atoms with Gasteiger partial charge in [0.1, 0.15) is 5.60 Å². The summed E-state index contributed by atoms with van der Waals surface area (Å²) < 4.78 is 23.2. The molecule has 0 spiro atoms. The molecular formula is C84H100O3Si3. The summed E-state index contributed by atoms with van der Waals surface area (Å²) in [5.74, 6) is 0.213. The summed E-state index contributed by atoms with van der Waals surface area (Å²) in [5, 5.41) is 0. The van der Waals surface area contributed by atoms with Gasteiger partial charge < -0.3 is 13.3 Å². The number of rotatable bonds is 15. The zero-order chi connectivity index (χ0) is 63.4. The number of hydrogen-bond acceptors (Lipinski definition) is 3. The molecule has 15 aliphatic carbocycles. The normalized spacial score (nSPS) is 23.9. The Kier molecular flexibility index (Phi) is 19.2. The van der Waals surface area contributed by atoms with E-state index in [9.17, 15) is 0 Å². The minimum Gasteiger partial charge on any atom is -0.405 e. The highest BCUT2D eigenvalue weighted by Gasteiger charge is 2.46. The summed E-state index contributed by atoms with van der Waals surface area (Å²) in [6.07, 6.45) is 29.2. The van der Waals surface area contributed by atoms with Crippen molar-refractivity contribution in [3.05, 3.63) is 270 Å². The summed E-state index contributed by atoms with van der Waals surface area (Å²) in [7, 11) is -6.29. The summed E-state index contributed by atoms with van der Waals surface area (Å²) in [5.41, 5.74) is 16.3. The van der Waals surface area contributed by atoms with Crippen LogP contribution >= 0.6 is 0 Å². The third-order valence-corrected chi connectivity index (χ3v) is 36.3. The fourth-order valence-electron chi connectivity index (χ4n) is 14.9. The maximum absolute atomic E-state index is 7.78. The van der Waals surface area contributed by atoms with Crippen molar-refractivity contribution in [3.8, 4) is 44.5 Å². The first-order valence-corrected chi connectivity index (χ1v) is 42.1. The van der Waals surface area contributed by atoms with Gasteiger partial charge in [-0.2, -0.15) is 0 Å². The fraction of sp³-hybridized carbons (Fsp3) is 0.357. The molecule has 3 nitrogen and oxygen atoms in total. The second kappa shape index (κ2) is 26.6. The SMILES string of the molecule is CC[Si](CC)(CC)OC12C=CC(O[Si](CC)(CC)CC)(C=C1)Cc1ccc(cc1)-c1cccc(c1)-c1ccc(cc1)[C@]1(O[Si](CC)(CC)CC)C=CC(C)C(=C1)c1cccc(c1)-c1ccc(cc1)C1(C)C=CC(C)(C=C1)c1ccc(cc1)-c1ccc(cc1)CC2. The van der Waals surface area contributed by atoms with Gasteiger partial charge in [0.15, 0.2) is 25.0 Å². The van der Waals surface area contributed by atoms with Crippen molar-refractivity contribution >= 4 is 30.5 Å². The van der Waals surface area contributed by atoms with Crippen LogP contribution in [0.2, 0.25) is 54.4 Å². The molecule has 0 radical (unpaired) electrons. The molecule has 0 aliphatic heterocycles. The topological polar surface area (TPSA) is 27.7 Å². The Bertz CT molecular complexity index is 3740. The molecule has 90 heavy (non-hydrogen) atoms. The molecule has 22 rings (SSSR count). The van der Waals surface area contributed by atoms with Crippen LogP contribution in [0.3, 0.4) is 0 Å². The van der Waals surface area contributed by atoms with E-state index in [2.05, 4.69) is 320 Å². The average Bonchev–Trinajstić information content (AvgIpc) is 0.999. The number of benzene rings is 7. The van der Waals surface area contributed by atoms with Gasteiger partial charge in [0.2, 0.25) is 0 Å². The van der Waals surface area contributed by atoms with Gasteiger partial charge in [0.25, 0.3) is 0 Å². The molecule has 2 atom stereocenters. The fourth-order valence-corrected chi connectivity index (χ4v) is 23.8. The van der Waals surface area contributed by atoms with Gasteiger partial charge in [-0.1, -0.05) is 282 Å². The van der Waals surface area contributed by atoms with Crippen molar-refractivity contribution in [3.63, 3.8) is 0 Å². The van der Waals surface area contributed by atoms with Gasteiger partial charge in [-0.25, -0.2) is 0 Å². The van der Waals surface area contributed by atoms with Crippen LogP contribution in [0.4, 0.5) is 0 Å². The maximum atomic E-state index is 7.78. The van der Waals surface area contributed by atoms with Gasteiger partial charge in [0, 0.05) is 17.3 Å². The summed E-state index contributed by atoms with van der Waals surface area (Å²) in [4.78, 5) is 0. The lowest BCUT2D eigenvalue weighted by Crippen LogP contribution is -2.51. The van der Waals surface area contributed by atoms with Crippen LogP contribution in [0.15, 0.2) is 237 Å². The first kappa shape index (κ1) is 65.0. The molecule has 0 N–H and O–H groups in total. The molecule has 20 bridgehead atoms. The van der Waals surface area contributed by atoms with Crippen LogP contribution in [-0.2, 0) is 42.6 Å². The summed E-state index contributed by atoms with van der Waals surface area (Å²) in [6, 6.07) is 74.4. The predicted octanol–water partition coefficient (Wildman–Crippen LogP) is 23.3. The molecule has 0 amide bonds. The minimum absolute atomic E-state index is 0.213. The highest BCUT2D eigenvalue weighted by Crippen LogP contribution is 2.47. The average molecular weight is 1240 g/mol. The third kappa shape index (κ3) is 13.1. The third-order valence-electron chi connectivity index (χ3n) is 22.3. The lowest BCUT2D eigenvalue weighted by Gasteiger charge is -2.45. The molecule has 0 heterocycles. The molecular weight excluding hydrogens is 1140 g/mol. The molecule has 466 valence electrons. The van der Waals surface area contributed by atoms with Gasteiger partial charge in [0.05, 0.1) is 11.2 Å². The van der Waals surface area contributed by atoms with E-state index in [1.54, 1.807) is 0 Å². The Hall–Kier alpha value is -6.49. The van der Waals surface area contributed by atoms with Gasteiger partial charge in [-0.15, -0.1) is 0 Å². The van der Waals surface area contributed by atoms with Crippen LogP contribution in [0.25, 0.3) is 50.1 Å². The lowest BCUT2D eigenvalue weighted by molar-refractivity contribution is 0.116. The van der Waals surface area contributed by atoms with E-state index in [1.807, 2.05) is 0 Å². The van der Waals surface area contributed by atoms with Crippen molar-refractivity contribution in [2.45, 2.75) is 184 Å². The molecule has 7 aromatic carbocycles. The van der Waals surface area contributed by atoms with E-state index >= 15 is 0 Å². The van der Waals surface area contributed by atoms with Crippen LogP contribution in [0.1, 0.15) is 123 Å². The van der Waals surface area contributed by atoms with Crippen LogP contribution in [-0.4, -0.2) is 36.2 Å². The van der Waals surface area contributed by atoms with Crippen molar-refractivity contribution < 1.29 is 13.3 Å². The van der Waals surface area contributed by atoms with E-state index in [1.165, 1.54) is 83.5 Å². The van der Waals surface area contributed by atoms with E-state index in [0.717, 1.165) is 73.7 Å². The molecule has 15 aliphatic rings. The Labute approximate surface area is 545 Å². The molecule has 7 aromatic rings. The van der Waals surface area contributed by atoms with E-state index in [0.29, 0.717) is 0 Å². The molecule has 0 fully saturated rings. The van der Waals surface area contributed by atoms with Gasteiger partial charge >= 0.3 is 0 Å². The summed E-state index contributed by atoms with van der Waals surface area (Å²) >= 11 is 0. The summed E-state index contributed by atoms with van der Waals surface area (Å²) in [6.45, 7) is 28.1. The van der Waals surface area contributed by atoms with Crippen molar-refractivity contribution in [2.24, 2.45) is 5.92 Å². The minimum atomic E-state index is -2.14. The molecule has 0 saturated heterocycles. The molecule has 1 unspecified atom stereocenters. The smallest absolute Gasteiger partial charge is 0.194 e. The largest absolute Gasteiger partial charge is 0.405 e. The van der Waals surface area contributed by atoms with Crippen LogP contribution in [0, 0.1) is 5.92 Å². The van der Waals surface area contributed by atoms with Crippen molar-refractivity contribution in [1.82, 2.24) is 0 Å². The Balaban J connectivity index is 0.987. The first-order valence-electron chi connectivity index (χ1n) is 34.5. The highest BCUT2D eigenvalue weighted by molar-refractivity contribution is 6.74. The second-order valence-corrected chi connectivity index (χ2v) is 41.4. The van der Waals surface area contributed by atoms with Crippen molar-refractivity contribution in [2.75, 3.05) is 0 Å². The standard InChI is InChI=1S/C84H100O3Si3/c1-13-88(14-2,15-3)85-82-50-49-65-28-32-67(33-29-65)68-36-42-76(43-37-68)80(11)52-54-81(12,55-53-80)77-44-38-70(39-45-77)74-26-23-27-75(61-74)79-63-84(51-48-64(79)10,87-90(19-7,20-8)21-9)78-46-40-71(41-47-78)73-25-22-24-72(60-73)69-34-30-66(31-35-69)62-83(58-56-82,59-57-82)86-89(16-4,17-5)18-6/h22-48,51-61,63-64H,13-21,49-50,62H2,1-12H3/t64?,80?,81?,82?,83?,84-/m0/s1.